The average molecular weight is 232 g/mol. The number of aliphatic hydroxyl groups is 1. The number of carbonyl (C=O) groups excluding carboxylic acids is 2. The SMILES string of the molecule is O=C1O[C@H](CO)[C@@H]2[C@H]1[C@H]2C(=O)c1ccccc1. The van der Waals surface area contributed by atoms with E-state index in [1.165, 1.54) is 0 Å². The molecule has 4 nitrogen and oxygen atoms in total. The van der Waals surface area contributed by atoms with E-state index in [-0.39, 0.29) is 36.1 Å². The molecule has 2 aliphatic rings. The van der Waals surface area contributed by atoms with Crippen LogP contribution in [0.5, 0.6) is 0 Å². The van der Waals surface area contributed by atoms with Crippen molar-refractivity contribution in [1.82, 2.24) is 0 Å². The lowest BCUT2D eigenvalue weighted by Crippen LogP contribution is -2.23. The van der Waals surface area contributed by atoms with Gasteiger partial charge in [0.05, 0.1) is 12.5 Å². The van der Waals surface area contributed by atoms with E-state index < -0.39 is 6.10 Å². The maximum absolute atomic E-state index is 12.1. The van der Waals surface area contributed by atoms with Gasteiger partial charge < -0.3 is 9.84 Å². The minimum absolute atomic E-state index is 0.0179. The molecule has 1 aliphatic carbocycles. The molecule has 17 heavy (non-hydrogen) atoms. The Morgan fingerprint density at radius 3 is 2.65 bits per heavy atom. The second-order valence-electron chi connectivity index (χ2n) is 4.52. The van der Waals surface area contributed by atoms with Crippen LogP contribution >= 0.6 is 0 Å². The van der Waals surface area contributed by atoms with Gasteiger partial charge in [0.1, 0.15) is 6.10 Å². The van der Waals surface area contributed by atoms with Gasteiger partial charge in [-0.15, -0.1) is 0 Å². The van der Waals surface area contributed by atoms with E-state index in [9.17, 15) is 9.59 Å². The third-order valence-electron chi connectivity index (χ3n) is 3.59. The molecular weight excluding hydrogens is 220 g/mol. The Morgan fingerprint density at radius 2 is 2.00 bits per heavy atom. The number of benzene rings is 1. The summed E-state index contributed by atoms with van der Waals surface area (Å²) in [6.45, 7) is -0.203. The van der Waals surface area contributed by atoms with Crippen LogP contribution in [0.3, 0.4) is 0 Å². The first kappa shape index (κ1) is 10.5. The van der Waals surface area contributed by atoms with Crippen LogP contribution < -0.4 is 0 Å². The number of hydrogen-bond acceptors (Lipinski definition) is 4. The number of ether oxygens (including phenoxy) is 1. The monoisotopic (exact) mass is 232 g/mol. The van der Waals surface area contributed by atoms with Crippen LogP contribution in [0.25, 0.3) is 0 Å². The van der Waals surface area contributed by atoms with Gasteiger partial charge in [-0.2, -0.15) is 0 Å². The molecule has 0 aromatic heterocycles. The topological polar surface area (TPSA) is 63.6 Å². The van der Waals surface area contributed by atoms with Crippen LogP contribution in [-0.2, 0) is 9.53 Å². The maximum atomic E-state index is 12.1. The molecule has 0 amide bonds. The zero-order valence-electron chi connectivity index (χ0n) is 9.08. The zero-order valence-corrected chi connectivity index (χ0v) is 9.08. The van der Waals surface area contributed by atoms with Crippen molar-refractivity contribution in [2.75, 3.05) is 6.61 Å². The summed E-state index contributed by atoms with van der Waals surface area (Å²) >= 11 is 0. The van der Waals surface area contributed by atoms with E-state index in [0.29, 0.717) is 5.56 Å². The van der Waals surface area contributed by atoms with Gasteiger partial charge in [-0.25, -0.2) is 0 Å². The highest BCUT2D eigenvalue weighted by atomic mass is 16.6. The molecule has 1 aromatic carbocycles. The van der Waals surface area contributed by atoms with E-state index in [0.717, 1.165) is 0 Å². The predicted molar refractivity (Wildman–Crippen MR) is 58.2 cm³/mol. The smallest absolute Gasteiger partial charge is 0.310 e. The molecule has 1 saturated heterocycles. The summed E-state index contributed by atoms with van der Waals surface area (Å²) in [7, 11) is 0. The van der Waals surface area contributed by atoms with Crippen LogP contribution in [0.2, 0.25) is 0 Å². The van der Waals surface area contributed by atoms with Crippen molar-refractivity contribution in [2.45, 2.75) is 6.10 Å². The molecule has 88 valence electrons. The molecule has 4 atom stereocenters. The minimum Gasteiger partial charge on any atom is -0.459 e. The van der Waals surface area contributed by atoms with Crippen molar-refractivity contribution in [3.63, 3.8) is 0 Å². The fourth-order valence-electron chi connectivity index (χ4n) is 2.70. The first-order chi connectivity index (χ1) is 8.24. The van der Waals surface area contributed by atoms with Gasteiger partial charge in [-0.3, -0.25) is 9.59 Å². The summed E-state index contributed by atoms with van der Waals surface area (Å²) < 4.78 is 4.95. The van der Waals surface area contributed by atoms with Crippen LogP contribution in [-0.4, -0.2) is 29.6 Å². The molecule has 1 aliphatic heterocycles. The van der Waals surface area contributed by atoms with Gasteiger partial charge in [-0.05, 0) is 0 Å². The molecule has 3 rings (SSSR count). The fourth-order valence-corrected chi connectivity index (χ4v) is 2.70. The first-order valence-corrected chi connectivity index (χ1v) is 5.64. The van der Waals surface area contributed by atoms with Crippen molar-refractivity contribution in [2.24, 2.45) is 17.8 Å². The lowest BCUT2D eigenvalue weighted by Gasteiger charge is -2.11. The van der Waals surface area contributed by atoms with Gasteiger partial charge in [0.15, 0.2) is 5.78 Å². The van der Waals surface area contributed by atoms with E-state index in [2.05, 4.69) is 0 Å². The number of rotatable bonds is 3. The summed E-state index contributed by atoms with van der Waals surface area (Å²) in [4.78, 5) is 23.6. The molecule has 0 radical (unpaired) electrons. The predicted octanol–water partition coefficient (Wildman–Crippen LogP) is 0.649. The molecule has 1 heterocycles. The molecule has 1 N–H and O–H groups in total. The molecule has 4 heteroatoms. The molecule has 1 saturated carbocycles. The van der Waals surface area contributed by atoms with E-state index in [1.807, 2.05) is 6.07 Å². The lowest BCUT2D eigenvalue weighted by molar-refractivity contribution is -0.147. The van der Waals surface area contributed by atoms with Crippen LogP contribution in [0, 0.1) is 17.8 Å². The van der Waals surface area contributed by atoms with Crippen LogP contribution in [0.1, 0.15) is 10.4 Å². The van der Waals surface area contributed by atoms with Crippen molar-refractivity contribution in [3.05, 3.63) is 35.9 Å². The Morgan fingerprint density at radius 1 is 1.29 bits per heavy atom. The largest absolute Gasteiger partial charge is 0.459 e. The minimum atomic E-state index is -0.495. The van der Waals surface area contributed by atoms with Crippen molar-refractivity contribution in [1.29, 1.82) is 0 Å². The summed E-state index contributed by atoms with van der Waals surface area (Å²) in [6, 6.07) is 8.93. The molecule has 1 aromatic rings. The Bertz CT molecular complexity index is 468. The summed E-state index contributed by atoms with van der Waals surface area (Å²) in [5, 5.41) is 9.06. The quantitative estimate of drug-likeness (QED) is 0.614. The third-order valence-corrected chi connectivity index (χ3v) is 3.59. The molecule has 0 bridgehead atoms. The lowest BCUT2D eigenvalue weighted by atomic mass is 10.0. The Kier molecular flexibility index (Phi) is 2.26. The van der Waals surface area contributed by atoms with Crippen LogP contribution in [0.15, 0.2) is 30.3 Å². The Hall–Kier alpha value is -1.68. The molecule has 2 fully saturated rings. The summed E-state index contributed by atoms with van der Waals surface area (Å²) in [5.74, 6) is -1.12. The number of fused-ring (bicyclic) bond motifs is 1. The zero-order chi connectivity index (χ0) is 12.0. The second kappa shape index (κ2) is 3.67. The second-order valence-corrected chi connectivity index (χ2v) is 4.52. The number of ketones is 1. The number of cyclic esters (lactones) is 1. The van der Waals surface area contributed by atoms with Crippen molar-refractivity contribution < 1.29 is 19.4 Å². The highest BCUT2D eigenvalue weighted by molar-refractivity contribution is 6.04. The summed E-state index contributed by atoms with van der Waals surface area (Å²) in [6.07, 6.45) is -0.495. The Labute approximate surface area is 98.2 Å². The van der Waals surface area contributed by atoms with Gasteiger partial charge in [-0.1, -0.05) is 30.3 Å². The van der Waals surface area contributed by atoms with Crippen molar-refractivity contribution >= 4 is 11.8 Å². The number of Topliss-reactive ketones (excluding diaryl/α,β-unsaturated/α-hetero) is 1. The van der Waals surface area contributed by atoms with Gasteiger partial charge >= 0.3 is 5.97 Å². The first-order valence-electron chi connectivity index (χ1n) is 5.64. The number of carbonyl (C=O) groups is 2. The highest BCUT2D eigenvalue weighted by Gasteiger charge is 2.68. The number of aliphatic hydroxyl groups excluding tert-OH is 1. The van der Waals surface area contributed by atoms with Gasteiger partial charge in [0, 0.05) is 17.4 Å². The number of esters is 1. The maximum Gasteiger partial charge on any atom is 0.310 e. The van der Waals surface area contributed by atoms with E-state index in [4.69, 9.17) is 9.84 Å². The molecule has 0 unspecified atom stereocenters. The standard InChI is InChI=1S/C13H12O4/c14-6-8-9-10(11(9)13(16)17-8)12(15)7-4-2-1-3-5-7/h1-5,8-11,14H,6H2/t8-,9+,10+,11+/m1/s1. The Balaban J connectivity index is 1.81. The fraction of sp³-hybridized carbons (Fsp3) is 0.385. The molecular formula is C13H12O4. The normalized spacial score (nSPS) is 34.1. The van der Waals surface area contributed by atoms with Crippen LogP contribution in [0.4, 0.5) is 0 Å². The number of hydrogen-bond donors (Lipinski definition) is 1. The third kappa shape index (κ3) is 1.48. The van der Waals surface area contributed by atoms with E-state index >= 15 is 0 Å². The van der Waals surface area contributed by atoms with Gasteiger partial charge in [0.2, 0.25) is 0 Å². The highest BCUT2D eigenvalue weighted by Crippen LogP contribution is 2.56. The average Bonchev–Trinajstić information content (AvgIpc) is 3.03. The van der Waals surface area contributed by atoms with Crippen molar-refractivity contribution in [3.8, 4) is 0 Å². The van der Waals surface area contributed by atoms with E-state index in [1.54, 1.807) is 24.3 Å². The van der Waals surface area contributed by atoms with Gasteiger partial charge in [0.25, 0.3) is 0 Å². The summed E-state index contributed by atoms with van der Waals surface area (Å²) in [5.41, 5.74) is 0.622. The molecule has 0 spiro atoms.